The summed E-state index contributed by atoms with van der Waals surface area (Å²) in [6.07, 6.45) is -1.12. The van der Waals surface area contributed by atoms with Gasteiger partial charge in [-0.3, -0.25) is 0 Å². The number of halogens is 2. The van der Waals surface area contributed by atoms with Crippen LogP contribution >= 0.6 is 23.2 Å². The van der Waals surface area contributed by atoms with Crippen molar-refractivity contribution in [2.45, 2.75) is 12.3 Å². The highest BCUT2D eigenvalue weighted by atomic mass is 35.5. The molecule has 0 bridgehead atoms. The topological polar surface area (TPSA) is 79.5 Å². The lowest BCUT2D eigenvalue weighted by atomic mass is 10.1. The van der Waals surface area contributed by atoms with Crippen LogP contribution < -0.4 is 21.6 Å². The van der Waals surface area contributed by atoms with E-state index in [1.54, 1.807) is 48.5 Å². The predicted octanol–water partition coefficient (Wildman–Crippen LogP) is 2.40. The van der Waals surface area contributed by atoms with Crippen molar-refractivity contribution in [3.8, 4) is 5.75 Å². The summed E-state index contributed by atoms with van der Waals surface area (Å²) in [7, 11) is 0. The number of hydrogen-bond acceptors (Lipinski definition) is 5. The first-order valence-corrected chi connectivity index (χ1v) is 6.94. The van der Waals surface area contributed by atoms with Gasteiger partial charge >= 0.3 is 0 Å². The summed E-state index contributed by atoms with van der Waals surface area (Å²) in [6, 6.07) is 13.3. The smallest absolute Gasteiger partial charge is 0.150 e. The van der Waals surface area contributed by atoms with E-state index in [1.807, 2.05) is 0 Å². The minimum Gasteiger partial charge on any atom is -0.394 e. The molecule has 0 spiro atoms. The average molecular weight is 328 g/mol. The lowest BCUT2D eigenvalue weighted by Crippen LogP contribution is -2.45. The van der Waals surface area contributed by atoms with Crippen LogP contribution in [0.15, 0.2) is 48.5 Å². The molecule has 0 amide bonds. The van der Waals surface area contributed by atoms with Crippen LogP contribution in [-0.2, 0) is 0 Å². The molecule has 2 aromatic rings. The first-order valence-electron chi connectivity index (χ1n) is 6.18. The van der Waals surface area contributed by atoms with Crippen LogP contribution in [0.1, 0.15) is 11.6 Å². The van der Waals surface area contributed by atoms with Gasteiger partial charge in [-0.1, -0.05) is 47.0 Å². The van der Waals surface area contributed by atoms with Crippen LogP contribution in [0, 0.1) is 0 Å². The Balaban J connectivity index is 1.96. The molecule has 0 heterocycles. The van der Waals surface area contributed by atoms with Gasteiger partial charge in [-0.25, -0.2) is 5.43 Å². The van der Waals surface area contributed by atoms with Gasteiger partial charge < -0.3 is 15.7 Å². The van der Waals surface area contributed by atoms with Crippen molar-refractivity contribution in [1.82, 2.24) is 11.0 Å². The zero-order valence-corrected chi connectivity index (χ0v) is 12.5. The molecular weight excluding hydrogens is 313 g/mol. The Morgan fingerprint density at radius 3 is 2.38 bits per heavy atom. The summed E-state index contributed by atoms with van der Waals surface area (Å²) >= 11 is 11.7. The Hall–Kier alpha value is -1.34. The van der Waals surface area contributed by atoms with E-state index in [0.29, 0.717) is 15.8 Å². The second-order valence-corrected chi connectivity index (χ2v) is 5.20. The van der Waals surface area contributed by atoms with Gasteiger partial charge in [0, 0.05) is 16.1 Å². The van der Waals surface area contributed by atoms with Gasteiger partial charge in [0.1, 0.15) is 12.0 Å². The summed E-state index contributed by atoms with van der Waals surface area (Å²) in [5, 5.41) is 10.8. The number of hydrazine groups is 1. The molecule has 0 fully saturated rings. The van der Waals surface area contributed by atoms with Crippen molar-refractivity contribution >= 4 is 23.2 Å². The van der Waals surface area contributed by atoms with E-state index >= 15 is 0 Å². The first kappa shape index (κ1) is 16.0. The van der Waals surface area contributed by atoms with Crippen molar-refractivity contribution in [2.75, 3.05) is 0 Å². The molecule has 0 saturated carbocycles. The largest absolute Gasteiger partial charge is 0.394 e. The molecule has 5 nitrogen and oxygen atoms in total. The maximum absolute atomic E-state index is 9.64. The van der Waals surface area contributed by atoms with Gasteiger partial charge in [-0.05, 0) is 29.8 Å². The van der Waals surface area contributed by atoms with Crippen LogP contribution in [0.2, 0.25) is 10.0 Å². The van der Waals surface area contributed by atoms with Crippen LogP contribution in [0.25, 0.3) is 0 Å². The van der Waals surface area contributed by atoms with E-state index in [1.165, 1.54) is 0 Å². The minimum absolute atomic E-state index is 0.524. The standard InChI is InChI=1S/C14H15Cl2N3O2/c15-10-6-4-9(5-7-10)13(14(17)20)18-19-21-12-3-1-2-11(16)8-12/h1-8,13-14,18-20H,17H2. The molecule has 0 radical (unpaired) electrons. The van der Waals surface area contributed by atoms with Crippen LogP contribution in [0.5, 0.6) is 5.75 Å². The monoisotopic (exact) mass is 327 g/mol. The van der Waals surface area contributed by atoms with Crippen LogP contribution in [0.4, 0.5) is 0 Å². The molecule has 2 aromatic carbocycles. The van der Waals surface area contributed by atoms with Gasteiger partial charge in [-0.15, -0.1) is 0 Å². The van der Waals surface area contributed by atoms with Crippen molar-refractivity contribution in [1.29, 1.82) is 0 Å². The fraction of sp³-hybridized carbons (Fsp3) is 0.143. The summed E-state index contributed by atoms with van der Waals surface area (Å²) in [5.41, 5.74) is 11.6. The maximum Gasteiger partial charge on any atom is 0.150 e. The van der Waals surface area contributed by atoms with Crippen molar-refractivity contribution in [2.24, 2.45) is 5.73 Å². The van der Waals surface area contributed by atoms with E-state index in [4.69, 9.17) is 33.8 Å². The molecule has 0 aromatic heterocycles. The molecule has 112 valence electrons. The van der Waals surface area contributed by atoms with E-state index in [-0.39, 0.29) is 0 Å². The van der Waals surface area contributed by atoms with E-state index in [0.717, 1.165) is 5.56 Å². The maximum atomic E-state index is 9.64. The molecule has 0 aliphatic heterocycles. The Kier molecular flexibility index (Phi) is 5.81. The number of nitrogens with one attached hydrogen (secondary N) is 2. The quantitative estimate of drug-likeness (QED) is 0.484. The third-order valence-corrected chi connectivity index (χ3v) is 3.24. The fourth-order valence-corrected chi connectivity index (χ4v) is 2.02. The lowest BCUT2D eigenvalue weighted by molar-refractivity contribution is 0.0704. The molecule has 0 saturated heterocycles. The van der Waals surface area contributed by atoms with Crippen molar-refractivity contribution in [3.63, 3.8) is 0 Å². The number of rotatable bonds is 6. The zero-order valence-electron chi connectivity index (χ0n) is 11.0. The molecule has 0 aliphatic carbocycles. The lowest BCUT2D eigenvalue weighted by Gasteiger charge is -2.22. The number of aliphatic hydroxyl groups excluding tert-OH is 1. The molecule has 2 unspecified atom stereocenters. The summed E-state index contributed by atoms with van der Waals surface area (Å²) < 4.78 is 0. The highest BCUT2D eigenvalue weighted by molar-refractivity contribution is 6.30. The van der Waals surface area contributed by atoms with Gasteiger partial charge in [0.15, 0.2) is 0 Å². The third kappa shape index (κ3) is 4.86. The van der Waals surface area contributed by atoms with Crippen LogP contribution in [0.3, 0.4) is 0 Å². The van der Waals surface area contributed by atoms with Crippen molar-refractivity contribution < 1.29 is 9.94 Å². The Morgan fingerprint density at radius 1 is 1.05 bits per heavy atom. The number of benzene rings is 2. The van der Waals surface area contributed by atoms with Crippen molar-refractivity contribution in [3.05, 3.63) is 64.1 Å². The molecule has 21 heavy (non-hydrogen) atoms. The van der Waals surface area contributed by atoms with E-state index < -0.39 is 12.3 Å². The van der Waals surface area contributed by atoms with Gasteiger partial charge in [0.05, 0.1) is 6.04 Å². The SMILES string of the molecule is NC(O)C(NNOc1cccc(Cl)c1)c1ccc(Cl)cc1. The normalized spacial score (nSPS) is 13.7. The highest BCUT2D eigenvalue weighted by Crippen LogP contribution is 2.18. The van der Waals surface area contributed by atoms with Gasteiger partial charge in [0.25, 0.3) is 0 Å². The fourth-order valence-electron chi connectivity index (χ4n) is 1.72. The summed E-state index contributed by atoms with van der Waals surface area (Å²) in [6.45, 7) is 0. The second-order valence-electron chi connectivity index (χ2n) is 4.33. The zero-order chi connectivity index (χ0) is 15.2. The van der Waals surface area contributed by atoms with Gasteiger partial charge in [-0.2, -0.15) is 0 Å². The average Bonchev–Trinajstić information content (AvgIpc) is 2.45. The van der Waals surface area contributed by atoms with E-state index in [9.17, 15) is 5.11 Å². The summed E-state index contributed by atoms with van der Waals surface area (Å²) in [5.74, 6) is 0.524. The number of nitrogens with two attached hydrogens (primary N) is 1. The predicted molar refractivity (Wildman–Crippen MR) is 82.7 cm³/mol. The summed E-state index contributed by atoms with van der Waals surface area (Å²) in [4.78, 5) is 5.27. The Labute approximate surface area is 132 Å². The third-order valence-electron chi connectivity index (χ3n) is 2.75. The Morgan fingerprint density at radius 2 is 1.76 bits per heavy atom. The number of hydrogen-bond donors (Lipinski definition) is 4. The molecule has 2 rings (SSSR count). The molecular formula is C14H15Cl2N3O2. The molecule has 7 heteroatoms. The molecule has 2 atom stereocenters. The van der Waals surface area contributed by atoms with Crippen LogP contribution in [-0.4, -0.2) is 11.3 Å². The molecule has 5 N–H and O–H groups in total. The molecule has 0 aliphatic rings. The first-order chi connectivity index (χ1) is 10.1. The number of aliphatic hydroxyl groups is 1. The highest BCUT2D eigenvalue weighted by Gasteiger charge is 2.17. The van der Waals surface area contributed by atoms with Gasteiger partial charge in [0.2, 0.25) is 0 Å². The van der Waals surface area contributed by atoms with E-state index in [2.05, 4.69) is 11.0 Å². The Bertz CT molecular complexity index is 579. The minimum atomic E-state index is -1.12. The second kappa shape index (κ2) is 7.61.